The predicted molar refractivity (Wildman–Crippen MR) is 70.5 cm³/mol. The first kappa shape index (κ1) is 12.4. The van der Waals surface area contributed by atoms with Gasteiger partial charge >= 0.3 is 113 Å². The van der Waals surface area contributed by atoms with Crippen molar-refractivity contribution >= 4 is 42.0 Å². The van der Waals surface area contributed by atoms with E-state index in [2.05, 4.69) is 32.9 Å². The number of ether oxygens (including phenoxy) is 1. The fourth-order valence-electron chi connectivity index (χ4n) is 1.79. The molecule has 0 amide bonds. The third kappa shape index (κ3) is 2.59. The van der Waals surface area contributed by atoms with Crippen LogP contribution in [0.15, 0.2) is 12.1 Å². The van der Waals surface area contributed by atoms with E-state index in [-0.39, 0.29) is 0 Å². The number of hydrogen-bond acceptors (Lipinski definition) is 2. The van der Waals surface area contributed by atoms with Crippen LogP contribution < -0.4 is 13.2 Å². The van der Waals surface area contributed by atoms with Crippen LogP contribution in [-0.4, -0.2) is 34.9 Å². The maximum atomic E-state index is 6.30. The minimum atomic E-state index is -0.609. The van der Waals surface area contributed by atoms with Crippen molar-refractivity contribution in [2.45, 2.75) is 24.2 Å². The summed E-state index contributed by atoms with van der Waals surface area (Å²) in [5.74, 6) is 0.954. The van der Waals surface area contributed by atoms with Gasteiger partial charge in [0.15, 0.2) is 0 Å². The Hall–Kier alpha value is -0.0913. The molecule has 0 bridgehead atoms. The van der Waals surface area contributed by atoms with Gasteiger partial charge in [0.05, 0.1) is 0 Å². The zero-order valence-corrected chi connectivity index (χ0v) is 13.7. The van der Waals surface area contributed by atoms with Crippen molar-refractivity contribution < 1.29 is 4.74 Å². The Kier molecular flexibility index (Phi) is 3.32. The molecule has 0 unspecified atom stereocenters. The van der Waals surface area contributed by atoms with Crippen LogP contribution in [0.25, 0.3) is 0 Å². The molecule has 1 aromatic carbocycles. The normalized spacial score (nSPS) is 14.9. The summed E-state index contributed by atoms with van der Waals surface area (Å²) >= 11 is 5.70. The van der Waals surface area contributed by atoms with Crippen molar-refractivity contribution in [3.05, 3.63) is 17.2 Å². The molecular weight excluding hydrogens is 328 g/mol. The molecule has 4 heteroatoms. The molecule has 2 rings (SSSR count). The molecule has 16 heavy (non-hydrogen) atoms. The third-order valence-corrected chi connectivity index (χ3v) is 6.42. The van der Waals surface area contributed by atoms with E-state index in [0.29, 0.717) is 10.2 Å². The molecule has 86 valence electrons. The number of hydrogen-bond donors (Lipinski definition) is 0. The van der Waals surface area contributed by atoms with Crippen molar-refractivity contribution in [3.8, 4) is 5.75 Å². The zero-order valence-electron chi connectivity index (χ0n) is 10.1. The SMILES string of the molecule is CN1COc2c[c]([Sn][C](C)(C)C)cc(Cl)c21. The zero-order chi connectivity index (χ0) is 11.9. The first-order valence-corrected chi connectivity index (χ1v) is 8.56. The van der Waals surface area contributed by atoms with Crippen LogP contribution in [0.5, 0.6) is 5.75 Å². The maximum absolute atomic E-state index is 6.30. The quantitative estimate of drug-likeness (QED) is 0.727. The Bertz CT molecular complexity index is 414. The van der Waals surface area contributed by atoms with E-state index in [1.807, 2.05) is 11.9 Å². The summed E-state index contributed by atoms with van der Waals surface area (Å²) in [6.45, 7) is 7.51. The molecule has 2 radical (unpaired) electrons. The van der Waals surface area contributed by atoms with Gasteiger partial charge in [-0.15, -0.1) is 0 Å². The van der Waals surface area contributed by atoms with E-state index >= 15 is 0 Å². The monoisotopic (exact) mass is 345 g/mol. The number of nitrogens with zero attached hydrogens (tertiary/aromatic N) is 1. The van der Waals surface area contributed by atoms with Gasteiger partial charge in [-0.1, -0.05) is 0 Å². The fourth-order valence-corrected chi connectivity index (χ4v) is 6.08. The summed E-state index contributed by atoms with van der Waals surface area (Å²) in [6, 6.07) is 4.31. The van der Waals surface area contributed by atoms with E-state index in [1.165, 1.54) is 3.58 Å². The van der Waals surface area contributed by atoms with Crippen molar-refractivity contribution in [1.82, 2.24) is 0 Å². The molecule has 1 aliphatic rings. The summed E-state index contributed by atoms with van der Waals surface area (Å²) in [5.41, 5.74) is 1.04. The van der Waals surface area contributed by atoms with Gasteiger partial charge in [0.2, 0.25) is 0 Å². The van der Waals surface area contributed by atoms with Crippen molar-refractivity contribution in [2.75, 3.05) is 18.7 Å². The molecular formula is C12H16ClNOSn. The van der Waals surface area contributed by atoms with Crippen LogP contribution in [0.2, 0.25) is 8.45 Å². The molecule has 1 aliphatic heterocycles. The summed E-state index contributed by atoms with van der Waals surface area (Å²) < 4.78 is 7.46. The summed E-state index contributed by atoms with van der Waals surface area (Å²) in [5, 5.41) is 0.831. The molecule has 1 aromatic rings. The molecule has 0 fully saturated rings. The van der Waals surface area contributed by atoms with Gasteiger partial charge in [-0.3, -0.25) is 0 Å². The van der Waals surface area contributed by atoms with Crippen LogP contribution >= 0.6 is 11.6 Å². The average molecular weight is 344 g/mol. The molecule has 0 saturated carbocycles. The first-order chi connectivity index (χ1) is 7.37. The number of benzene rings is 1. The van der Waals surface area contributed by atoms with Crippen molar-refractivity contribution in [2.24, 2.45) is 0 Å². The van der Waals surface area contributed by atoms with Gasteiger partial charge in [0.1, 0.15) is 0 Å². The second kappa shape index (κ2) is 4.30. The van der Waals surface area contributed by atoms with E-state index in [1.54, 1.807) is 0 Å². The topological polar surface area (TPSA) is 12.5 Å². The second-order valence-electron chi connectivity index (χ2n) is 5.15. The molecule has 1 heterocycles. The number of rotatable bonds is 1. The minimum absolute atomic E-state index is 0.436. The fraction of sp³-hybridized carbons (Fsp3) is 0.500. The molecule has 0 atom stereocenters. The summed E-state index contributed by atoms with van der Waals surface area (Å²) in [4.78, 5) is 2.05. The molecule has 2 nitrogen and oxygen atoms in total. The molecule has 0 saturated heterocycles. The van der Waals surface area contributed by atoms with Crippen LogP contribution in [0.1, 0.15) is 20.8 Å². The molecule has 0 aromatic heterocycles. The van der Waals surface area contributed by atoms with Gasteiger partial charge < -0.3 is 0 Å². The van der Waals surface area contributed by atoms with Crippen LogP contribution in [0, 0.1) is 0 Å². The van der Waals surface area contributed by atoms with Gasteiger partial charge in [-0.05, 0) is 0 Å². The molecule has 0 spiro atoms. The van der Waals surface area contributed by atoms with E-state index in [0.717, 1.165) is 16.5 Å². The number of fused-ring (bicyclic) bond motifs is 1. The van der Waals surface area contributed by atoms with E-state index < -0.39 is 21.1 Å². The van der Waals surface area contributed by atoms with E-state index in [4.69, 9.17) is 16.3 Å². The molecule has 0 N–H and O–H groups in total. The Morgan fingerprint density at radius 2 is 2.06 bits per heavy atom. The average Bonchev–Trinajstić information content (AvgIpc) is 2.44. The van der Waals surface area contributed by atoms with Gasteiger partial charge in [0.25, 0.3) is 0 Å². The van der Waals surface area contributed by atoms with Gasteiger partial charge in [-0.25, -0.2) is 0 Å². The Morgan fingerprint density at radius 3 is 2.69 bits per heavy atom. The predicted octanol–water partition coefficient (Wildman–Crippen LogP) is 2.67. The summed E-state index contributed by atoms with van der Waals surface area (Å²) in [7, 11) is 2.00. The van der Waals surface area contributed by atoms with Crippen molar-refractivity contribution in [1.29, 1.82) is 0 Å². The van der Waals surface area contributed by atoms with Crippen LogP contribution in [0.4, 0.5) is 5.69 Å². The third-order valence-electron chi connectivity index (χ3n) is 2.34. The standard InChI is InChI=1S/C8H7ClNO.C4H9.Sn/c1-10-5-11-7-4-2-3-6(9)8(7)10;1-4(2)3;/h3-4H,5H2,1H3;1-3H3;. The van der Waals surface area contributed by atoms with Crippen LogP contribution in [-0.2, 0) is 0 Å². The number of halogens is 1. The van der Waals surface area contributed by atoms with Crippen LogP contribution in [0.3, 0.4) is 0 Å². The Balaban J connectivity index is 2.35. The van der Waals surface area contributed by atoms with Gasteiger partial charge in [-0.2, -0.15) is 0 Å². The molecule has 0 aliphatic carbocycles. The Labute approximate surface area is 112 Å². The first-order valence-electron chi connectivity index (χ1n) is 5.32. The summed E-state index contributed by atoms with van der Waals surface area (Å²) in [6.07, 6.45) is 0. The Morgan fingerprint density at radius 1 is 1.38 bits per heavy atom. The van der Waals surface area contributed by atoms with Crippen molar-refractivity contribution in [3.63, 3.8) is 0 Å². The van der Waals surface area contributed by atoms with Gasteiger partial charge in [0, 0.05) is 0 Å². The number of anilines is 1. The van der Waals surface area contributed by atoms with E-state index in [9.17, 15) is 0 Å². The second-order valence-corrected chi connectivity index (χ2v) is 12.2.